The minimum absolute atomic E-state index is 0.118. The average Bonchev–Trinajstić information content (AvgIpc) is 2.46. The molecule has 0 amide bonds. The van der Waals surface area contributed by atoms with Crippen LogP contribution in [0.15, 0.2) is 30.3 Å². The summed E-state index contributed by atoms with van der Waals surface area (Å²) in [6.45, 7) is 3.47. The number of aliphatic hydroxyl groups excluding tert-OH is 1. The monoisotopic (exact) mass is 263 g/mol. The van der Waals surface area contributed by atoms with E-state index in [4.69, 9.17) is 9.84 Å². The van der Waals surface area contributed by atoms with Crippen molar-refractivity contribution in [2.75, 3.05) is 32.9 Å². The lowest BCUT2D eigenvalue weighted by Crippen LogP contribution is -2.42. The molecule has 1 aromatic rings. The van der Waals surface area contributed by atoms with Crippen LogP contribution in [0.5, 0.6) is 0 Å². The third-order valence-electron chi connectivity index (χ3n) is 3.82. The van der Waals surface area contributed by atoms with E-state index in [0.29, 0.717) is 12.6 Å². The topological polar surface area (TPSA) is 32.7 Å². The van der Waals surface area contributed by atoms with Crippen molar-refractivity contribution in [2.24, 2.45) is 0 Å². The maximum atomic E-state index is 8.71. The summed E-state index contributed by atoms with van der Waals surface area (Å²) < 4.78 is 5.39. The summed E-state index contributed by atoms with van der Waals surface area (Å²) in [5.74, 6) is 0. The zero-order valence-corrected chi connectivity index (χ0v) is 11.6. The van der Waals surface area contributed by atoms with Crippen LogP contribution in [0.3, 0.4) is 0 Å². The van der Waals surface area contributed by atoms with E-state index in [0.717, 1.165) is 19.6 Å². The number of likely N-dealkylation sites (tertiary alicyclic amines) is 1. The molecule has 1 atom stereocenters. The number of nitrogens with zero attached hydrogens (tertiary/aromatic N) is 1. The summed E-state index contributed by atoms with van der Waals surface area (Å²) >= 11 is 0. The maximum absolute atomic E-state index is 8.71. The highest BCUT2D eigenvalue weighted by atomic mass is 16.5. The molecular formula is C16H25NO2. The average molecular weight is 263 g/mol. The van der Waals surface area contributed by atoms with Crippen LogP contribution in [0.1, 0.15) is 24.8 Å². The van der Waals surface area contributed by atoms with Crippen molar-refractivity contribution in [1.29, 1.82) is 0 Å². The second-order valence-corrected chi connectivity index (χ2v) is 5.21. The van der Waals surface area contributed by atoms with Gasteiger partial charge in [0.2, 0.25) is 0 Å². The van der Waals surface area contributed by atoms with Crippen molar-refractivity contribution in [3.63, 3.8) is 0 Å². The standard InChI is InChI=1S/C16H25NO2/c18-11-13-19-12-10-17-9-5-4-8-16(17)14-15-6-2-1-3-7-15/h1-3,6-7,16,18H,4-5,8-14H2. The Balaban J connectivity index is 1.82. The molecule has 0 radical (unpaired) electrons. The van der Waals surface area contributed by atoms with Crippen LogP contribution in [0.2, 0.25) is 0 Å². The van der Waals surface area contributed by atoms with Gasteiger partial charge in [-0.2, -0.15) is 0 Å². The van der Waals surface area contributed by atoms with Crippen LogP contribution < -0.4 is 0 Å². The van der Waals surface area contributed by atoms with Gasteiger partial charge in [-0.05, 0) is 31.4 Å². The van der Waals surface area contributed by atoms with E-state index in [9.17, 15) is 0 Å². The lowest BCUT2D eigenvalue weighted by Gasteiger charge is -2.35. The van der Waals surface area contributed by atoms with E-state index in [1.165, 1.54) is 31.4 Å². The van der Waals surface area contributed by atoms with Crippen LogP contribution in [0, 0.1) is 0 Å². The van der Waals surface area contributed by atoms with Crippen molar-refractivity contribution < 1.29 is 9.84 Å². The summed E-state index contributed by atoms with van der Waals surface area (Å²) in [5.41, 5.74) is 1.43. The van der Waals surface area contributed by atoms with Crippen LogP contribution in [-0.4, -0.2) is 49.0 Å². The molecule has 1 N–H and O–H groups in total. The first-order chi connectivity index (χ1) is 9.40. The number of hydrogen-bond acceptors (Lipinski definition) is 3. The Morgan fingerprint density at radius 3 is 2.79 bits per heavy atom. The molecule has 2 rings (SSSR count). The SMILES string of the molecule is OCCOCCN1CCCCC1Cc1ccccc1. The van der Waals surface area contributed by atoms with Crippen molar-refractivity contribution in [1.82, 2.24) is 4.90 Å². The largest absolute Gasteiger partial charge is 0.394 e. The number of ether oxygens (including phenoxy) is 1. The van der Waals surface area contributed by atoms with E-state index in [1.54, 1.807) is 0 Å². The summed E-state index contributed by atoms with van der Waals surface area (Å²) in [4.78, 5) is 2.55. The van der Waals surface area contributed by atoms with Gasteiger partial charge in [-0.15, -0.1) is 0 Å². The van der Waals surface area contributed by atoms with Gasteiger partial charge < -0.3 is 9.84 Å². The molecule has 3 nitrogen and oxygen atoms in total. The lowest BCUT2D eigenvalue weighted by atomic mass is 9.96. The van der Waals surface area contributed by atoms with Gasteiger partial charge in [-0.3, -0.25) is 4.90 Å². The minimum atomic E-state index is 0.118. The predicted molar refractivity (Wildman–Crippen MR) is 77.3 cm³/mol. The number of rotatable bonds is 7. The van der Waals surface area contributed by atoms with Crippen LogP contribution in [-0.2, 0) is 11.2 Å². The van der Waals surface area contributed by atoms with E-state index in [1.807, 2.05) is 0 Å². The smallest absolute Gasteiger partial charge is 0.0698 e. The Hall–Kier alpha value is -0.900. The highest BCUT2D eigenvalue weighted by Gasteiger charge is 2.21. The lowest BCUT2D eigenvalue weighted by molar-refractivity contribution is 0.0534. The molecule has 1 aliphatic rings. The van der Waals surface area contributed by atoms with Crippen molar-refractivity contribution >= 4 is 0 Å². The molecule has 1 heterocycles. The van der Waals surface area contributed by atoms with Gasteiger partial charge in [0.1, 0.15) is 0 Å². The summed E-state index contributed by atoms with van der Waals surface area (Å²) in [5, 5.41) is 8.71. The van der Waals surface area contributed by atoms with Gasteiger partial charge in [-0.25, -0.2) is 0 Å². The van der Waals surface area contributed by atoms with Gasteiger partial charge >= 0.3 is 0 Å². The van der Waals surface area contributed by atoms with Crippen LogP contribution in [0.4, 0.5) is 0 Å². The Labute approximate surface area is 116 Å². The summed E-state index contributed by atoms with van der Waals surface area (Å²) in [6.07, 6.45) is 5.06. The maximum Gasteiger partial charge on any atom is 0.0698 e. The Morgan fingerprint density at radius 2 is 2.00 bits per heavy atom. The summed E-state index contributed by atoms with van der Waals surface area (Å²) in [6, 6.07) is 11.4. The van der Waals surface area contributed by atoms with Crippen molar-refractivity contribution in [3.05, 3.63) is 35.9 Å². The molecule has 1 aliphatic heterocycles. The summed E-state index contributed by atoms with van der Waals surface area (Å²) in [7, 11) is 0. The van der Waals surface area contributed by atoms with Gasteiger partial charge in [0, 0.05) is 12.6 Å². The molecule has 0 saturated carbocycles. The highest BCUT2D eigenvalue weighted by molar-refractivity contribution is 5.16. The number of benzene rings is 1. The molecule has 19 heavy (non-hydrogen) atoms. The fraction of sp³-hybridized carbons (Fsp3) is 0.625. The Bertz CT molecular complexity index is 342. The second-order valence-electron chi connectivity index (χ2n) is 5.21. The molecule has 1 unspecified atom stereocenters. The number of aliphatic hydroxyl groups is 1. The number of hydrogen-bond donors (Lipinski definition) is 1. The fourth-order valence-electron chi connectivity index (χ4n) is 2.82. The first-order valence-corrected chi connectivity index (χ1v) is 7.36. The Kier molecular flexibility index (Phi) is 6.34. The van der Waals surface area contributed by atoms with Gasteiger partial charge in [0.25, 0.3) is 0 Å². The molecule has 0 spiro atoms. The molecule has 0 aliphatic carbocycles. The minimum Gasteiger partial charge on any atom is -0.394 e. The quantitative estimate of drug-likeness (QED) is 0.765. The van der Waals surface area contributed by atoms with Gasteiger partial charge in [-0.1, -0.05) is 36.8 Å². The van der Waals surface area contributed by atoms with Crippen molar-refractivity contribution in [3.8, 4) is 0 Å². The van der Waals surface area contributed by atoms with E-state index in [-0.39, 0.29) is 6.61 Å². The molecular weight excluding hydrogens is 238 g/mol. The number of piperidine rings is 1. The van der Waals surface area contributed by atoms with Crippen LogP contribution in [0.25, 0.3) is 0 Å². The second kappa shape index (κ2) is 8.31. The molecule has 1 fully saturated rings. The molecule has 0 aromatic heterocycles. The first kappa shape index (κ1) is 14.5. The normalized spacial score (nSPS) is 20.6. The molecule has 106 valence electrons. The van der Waals surface area contributed by atoms with Crippen molar-refractivity contribution in [2.45, 2.75) is 31.7 Å². The first-order valence-electron chi connectivity index (χ1n) is 7.36. The van der Waals surface area contributed by atoms with Crippen LogP contribution >= 0.6 is 0 Å². The van der Waals surface area contributed by atoms with E-state index >= 15 is 0 Å². The third kappa shape index (κ3) is 4.94. The molecule has 1 saturated heterocycles. The molecule has 1 aromatic carbocycles. The molecule has 3 heteroatoms. The van der Waals surface area contributed by atoms with Gasteiger partial charge in [0.15, 0.2) is 0 Å². The third-order valence-corrected chi connectivity index (χ3v) is 3.82. The molecule has 0 bridgehead atoms. The highest BCUT2D eigenvalue weighted by Crippen LogP contribution is 2.20. The fourth-order valence-corrected chi connectivity index (χ4v) is 2.82. The zero-order valence-electron chi connectivity index (χ0n) is 11.6. The Morgan fingerprint density at radius 1 is 1.16 bits per heavy atom. The predicted octanol–water partition coefficient (Wildman–Crippen LogP) is 2.09. The van der Waals surface area contributed by atoms with E-state index in [2.05, 4.69) is 35.2 Å². The zero-order chi connectivity index (χ0) is 13.3. The van der Waals surface area contributed by atoms with Gasteiger partial charge in [0.05, 0.1) is 19.8 Å². The van der Waals surface area contributed by atoms with E-state index < -0.39 is 0 Å².